The standard InChI is InChI=1S/C23H28N6S2/c1-3-16(13-24)10-11-25-21-20(22-28-18-8-4-5-9-19(18)31-22)15(2)27-23(29-21)26-14-17-7-6-12-30-17/h4-9,12,16H,3,10-11,13-14,24H2,1-2H3,(H2,25,26,27,29). The van der Waals surface area contributed by atoms with Gasteiger partial charge in [0.1, 0.15) is 10.8 Å². The number of hydrogen-bond acceptors (Lipinski definition) is 8. The Morgan fingerprint density at radius 2 is 1.94 bits per heavy atom. The highest BCUT2D eigenvalue weighted by Crippen LogP contribution is 2.36. The normalized spacial score (nSPS) is 12.2. The first kappa shape index (κ1) is 21.7. The molecule has 0 radical (unpaired) electrons. The van der Waals surface area contributed by atoms with E-state index in [-0.39, 0.29) is 0 Å². The van der Waals surface area contributed by atoms with E-state index in [9.17, 15) is 0 Å². The van der Waals surface area contributed by atoms with Crippen molar-refractivity contribution in [1.82, 2.24) is 15.0 Å². The number of nitrogens with one attached hydrogen (secondary N) is 2. The molecule has 8 heteroatoms. The fourth-order valence-corrected chi connectivity index (χ4v) is 5.19. The number of nitrogens with two attached hydrogens (primary N) is 1. The van der Waals surface area contributed by atoms with Crippen LogP contribution in [0.15, 0.2) is 41.8 Å². The second kappa shape index (κ2) is 10.2. The van der Waals surface area contributed by atoms with Crippen LogP contribution in [0, 0.1) is 12.8 Å². The molecule has 0 fully saturated rings. The second-order valence-electron chi connectivity index (χ2n) is 7.50. The van der Waals surface area contributed by atoms with E-state index in [1.807, 2.05) is 25.1 Å². The van der Waals surface area contributed by atoms with Crippen LogP contribution in [0.25, 0.3) is 20.8 Å². The van der Waals surface area contributed by atoms with Gasteiger partial charge >= 0.3 is 0 Å². The molecule has 1 aromatic carbocycles. The summed E-state index contributed by atoms with van der Waals surface area (Å²) in [6, 6.07) is 12.4. The molecule has 0 saturated carbocycles. The van der Waals surface area contributed by atoms with Gasteiger partial charge in [0.25, 0.3) is 0 Å². The number of anilines is 2. The van der Waals surface area contributed by atoms with Crippen LogP contribution in [0.2, 0.25) is 0 Å². The van der Waals surface area contributed by atoms with Gasteiger partial charge in [-0.05, 0) is 49.4 Å². The van der Waals surface area contributed by atoms with Crippen LogP contribution in [0.4, 0.5) is 11.8 Å². The van der Waals surface area contributed by atoms with Crippen LogP contribution in [-0.2, 0) is 6.54 Å². The third-order valence-electron chi connectivity index (χ3n) is 5.35. The van der Waals surface area contributed by atoms with E-state index in [0.29, 0.717) is 25.0 Å². The molecule has 0 saturated heterocycles. The zero-order chi connectivity index (χ0) is 21.6. The molecule has 0 aliphatic rings. The van der Waals surface area contributed by atoms with E-state index in [2.05, 4.69) is 41.1 Å². The van der Waals surface area contributed by atoms with Crippen LogP contribution in [0.3, 0.4) is 0 Å². The number of rotatable bonds is 10. The Morgan fingerprint density at radius 3 is 2.68 bits per heavy atom. The lowest BCUT2D eigenvalue weighted by Gasteiger charge is -2.16. The molecule has 0 aliphatic carbocycles. The zero-order valence-electron chi connectivity index (χ0n) is 17.9. The summed E-state index contributed by atoms with van der Waals surface area (Å²) in [5, 5.41) is 9.94. The van der Waals surface area contributed by atoms with Gasteiger partial charge in [-0.25, -0.2) is 9.97 Å². The Morgan fingerprint density at radius 1 is 1.06 bits per heavy atom. The van der Waals surface area contributed by atoms with Crippen LogP contribution in [0.5, 0.6) is 0 Å². The van der Waals surface area contributed by atoms with Crippen molar-refractivity contribution in [2.45, 2.75) is 33.2 Å². The largest absolute Gasteiger partial charge is 0.369 e. The molecule has 0 amide bonds. The fourth-order valence-electron chi connectivity index (χ4n) is 3.48. The maximum Gasteiger partial charge on any atom is 0.225 e. The zero-order valence-corrected chi connectivity index (χ0v) is 19.5. The predicted molar refractivity (Wildman–Crippen MR) is 133 cm³/mol. The Balaban J connectivity index is 1.64. The molecule has 31 heavy (non-hydrogen) atoms. The maximum atomic E-state index is 5.89. The summed E-state index contributed by atoms with van der Waals surface area (Å²) < 4.78 is 1.16. The van der Waals surface area contributed by atoms with Crippen LogP contribution in [0.1, 0.15) is 30.3 Å². The molecule has 1 atom stereocenters. The first-order valence-electron chi connectivity index (χ1n) is 10.6. The highest BCUT2D eigenvalue weighted by atomic mass is 32.1. The molecular formula is C23H28N6S2. The first-order valence-corrected chi connectivity index (χ1v) is 12.3. The van der Waals surface area contributed by atoms with Crippen molar-refractivity contribution in [3.63, 3.8) is 0 Å². The van der Waals surface area contributed by atoms with Crippen molar-refractivity contribution in [2.24, 2.45) is 11.7 Å². The lowest BCUT2D eigenvalue weighted by Crippen LogP contribution is -2.18. The summed E-state index contributed by atoms with van der Waals surface area (Å²) in [4.78, 5) is 15.7. The van der Waals surface area contributed by atoms with Crippen molar-refractivity contribution < 1.29 is 0 Å². The fraction of sp³-hybridized carbons (Fsp3) is 0.348. The van der Waals surface area contributed by atoms with Gasteiger partial charge in [0, 0.05) is 11.4 Å². The van der Waals surface area contributed by atoms with Crippen molar-refractivity contribution in [1.29, 1.82) is 0 Å². The highest BCUT2D eigenvalue weighted by Gasteiger charge is 2.18. The molecule has 3 aromatic heterocycles. The van der Waals surface area contributed by atoms with Crippen molar-refractivity contribution in [2.75, 3.05) is 23.7 Å². The smallest absolute Gasteiger partial charge is 0.225 e. The van der Waals surface area contributed by atoms with E-state index in [0.717, 1.165) is 51.7 Å². The molecule has 3 heterocycles. The molecule has 0 spiro atoms. The molecule has 6 nitrogen and oxygen atoms in total. The lowest BCUT2D eigenvalue weighted by molar-refractivity contribution is 0.494. The molecule has 4 aromatic rings. The number of thiazole rings is 1. The third kappa shape index (κ3) is 5.20. The SMILES string of the molecule is CCC(CN)CCNc1nc(NCc2cccs2)nc(C)c1-c1nc2ccccc2s1. The van der Waals surface area contributed by atoms with Gasteiger partial charge in [-0.1, -0.05) is 31.5 Å². The molecule has 1 unspecified atom stereocenters. The maximum absolute atomic E-state index is 5.89. The summed E-state index contributed by atoms with van der Waals surface area (Å²) >= 11 is 3.40. The monoisotopic (exact) mass is 452 g/mol. The van der Waals surface area contributed by atoms with Crippen LogP contribution < -0.4 is 16.4 Å². The minimum absolute atomic E-state index is 0.512. The van der Waals surface area contributed by atoms with E-state index in [4.69, 9.17) is 20.7 Å². The van der Waals surface area contributed by atoms with Gasteiger partial charge in [0.15, 0.2) is 0 Å². The van der Waals surface area contributed by atoms with Gasteiger partial charge < -0.3 is 16.4 Å². The second-order valence-corrected chi connectivity index (χ2v) is 9.56. The van der Waals surface area contributed by atoms with Gasteiger partial charge in [0.05, 0.1) is 28.0 Å². The van der Waals surface area contributed by atoms with Gasteiger partial charge in [-0.3, -0.25) is 0 Å². The topological polar surface area (TPSA) is 88.8 Å². The summed E-state index contributed by atoms with van der Waals surface area (Å²) in [6.07, 6.45) is 2.09. The minimum atomic E-state index is 0.512. The van der Waals surface area contributed by atoms with E-state index >= 15 is 0 Å². The predicted octanol–water partition coefficient (Wildman–Crippen LogP) is 5.52. The van der Waals surface area contributed by atoms with Crippen molar-refractivity contribution in [3.05, 3.63) is 52.3 Å². The number of benzene rings is 1. The molecule has 0 aliphatic heterocycles. The number of aromatic nitrogens is 3. The lowest BCUT2D eigenvalue weighted by atomic mass is 10.0. The molecule has 162 valence electrons. The van der Waals surface area contributed by atoms with Gasteiger partial charge in [0.2, 0.25) is 5.95 Å². The van der Waals surface area contributed by atoms with Crippen LogP contribution >= 0.6 is 22.7 Å². The Labute approximate surface area is 191 Å². The molecule has 0 bridgehead atoms. The Hall–Kier alpha value is -2.55. The summed E-state index contributed by atoms with van der Waals surface area (Å²) in [6.45, 7) is 6.45. The quantitative estimate of drug-likeness (QED) is 0.293. The molecular weight excluding hydrogens is 424 g/mol. The highest BCUT2D eigenvalue weighted by molar-refractivity contribution is 7.21. The molecule has 4 rings (SSSR count). The van der Waals surface area contributed by atoms with Crippen molar-refractivity contribution in [3.8, 4) is 10.6 Å². The van der Waals surface area contributed by atoms with Gasteiger partial charge in [-0.2, -0.15) is 4.98 Å². The number of thiophene rings is 1. The number of hydrogen-bond donors (Lipinski definition) is 3. The summed E-state index contributed by atoms with van der Waals surface area (Å²) in [7, 11) is 0. The van der Waals surface area contributed by atoms with E-state index in [1.165, 1.54) is 4.88 Å². The molecule has 4 N–H and O–H groups in total. The average Bonchev–Trinajstić information content (AvgIpc) is 3.44. The summed E-state index contributed by atoms with van der Waals surface area (Å²) in [5.41, 5.74) is 8.78. The van der Waals surface area contributed by atoms with Gasteiger partial charge in [-0.15, -0.1) is 22.7 Å². The number of nitrogens with zero attached hydrogens (tertiary/aromatic N) is 3. The van der Waals surface area contributed by atoms with E-state index in [1.54, 1.807) is 22.7 Å². The number of fused-ring (bicyclic) bond motifs is 1. The average molecular weight is 453 g/mol. The van der Waals surface area contributed by atoms with E-state index < -0.39 is 0 Å². The minimum Gasteiger partial charge on any atom is -0.369 e. The Bertz CT molecular complexity index is 1090. The summed E-state index contributed by atoms with van der Waals surface area (Å²) in [5.74, 6) is 1.97. The third-order valence-corrected chi connectivity index (χ3v) is 7.28. The first-order chi connectivity index (χ1) is 15.2. The van der Waals surface area contributed by atoms with Crippen molar-refractivity contribution >= 4 is 44.7 Å². The number of aryl methyl sites for hydroxylation is 1. The number of para-hydroxylation sites is 1. The Kier molecular flexibility index (Phi) is 7.11. The van der Waals surface area contributed by atoms with Crippen LogP contribution in [-0.4, -0.2) is 28.0 Å².